The van der Waals surface area contributed by atoms with E-state index in [0.29, 0.717) is 22.8 Å². The Kier molecular flexibility index (Phi) is 2.58. The number of benzene rings is 1. The first kappa shape index (κ1) is 12.7. The molecule has 4 N–H and O–H groups in total. The lowest BCUT2D eigenvalue weighted by molar-refractivity contribution is 0.363. The third-order valence-corrected chi connectivity index (χ3v) is 5.38. The Labute approximate surface area is 114 Å². The summed E-state index contributed by atoms with van der Waals surface area (Å²) in [7, 11) is 0. The van der Waals surface area contributed by atoms with Gasteiger partial charge in [0.1, 0.15) is 12.5 Å². The normalized spacial score (nSPS) is 36.6. The fourth-order valence-corrected chi connectivity index (χ4v) is 4.33. The molecule has 1 aliphatic heterocycles. The third kappa shape index (κ3) is 1.73. The number of hydrogen-bond donors (Lipinski definition) is 2. The quantitative estimate of drug-likeness (QED) is 0.819. The number of anilines is 1. The molecule has 0 saturated heterocycles. The molecule has 0 bridgehead atoms. The molecule has 1 aromatic carbocycles. The van der Waals surface area contributed by atoms with E-state index >= 15 is 0 Å². The third-order valence-electron chi connectivity index (χ3n) is 4.12. The summed E-state index contributed by atoms with van der Waals surface area (Å²) in [5.74, 6) is -0.418. The van der Waals surface area contributed by atoms with Gasteiger partial charge in [0.25, 0.3) is 0 Å². The van der Waals surface area contributed by atoms with Crippen molar-refractivity contribution in [1.82, 2.24) is 0 Å². The monoisotopic (exact) mass is 283 g/mol. The maximum Gasteiger partial charge on any atom is 0.155 e. The van der Waals surface area contributed by atoms with Crippen LogP contribution in [-0.4, -0.2) is 16.6 Å². The number of halogens is 2. The topological polar surface area (TPSA) is 64.4 Å². The van der Waals surface area contributed by atoms with Gasteiger partial charge in [0.15, 0.2) is 5.17 Å². The van der Waals surface area contributed by atoms with Crippen molar-refractivity contribution in [3.05, 3.63) is 29.6 Å². The maximum absolute atomic E-state index is 14.1. The molecule has 3 rings (SSSR count). The molecule has 1 fully saturated rings. The number of aliphatic imine (C=N–C) groups is 1. The molecule has 3 nitrogen and oxygen atoms in total. The molecule has 102 valence electrons. The summed E-state index contributed by atoms with van der Waals surface area (Å²) in [6, 6.07) is 4.40. The minimum absolute atomic E-state index is 0.0430. The molecule has 1 aliphatic carbocycles. The van der Waals surface area contributed by atoms with E-state index in [0.717, 1.165) is 0 Å². The first-order chi connectivity index (χ1) is 8.91. The van der Waals surface area contributed by atoms with E-state index in [-0.39, 0.29) is 11.7 Å². The molecule has 1 heterocycles. The number of thioether (sulfide) groups is 1. The lowest BCUT2D eigenvalue weighted by Gasteiger charge is -2.33. The molecule has 2 aliphatic rings. The van der Waals surface area contributed by atoms with Gasteiger partial charge >= 0.3 is 0 Å². The molecule has 0 spiro atoms. The average molecular weight is 283 g/mol. The van der Waals surface area contributed by atoms with Crippen molar-refractivity contribution < 1.29 is 8.78 Å². The predicted molar refractivity (Wildman–Crippen MR) is 74.2 cm³/mol. The van der Waals surface area contributed by atoms with Crippen LogP contribution in [0.3, 0.4) is 0 Å². The molecule has 0 radical (unpaired) electrons. The second kappa shape index (κ2) is 3.85. The van der Waals surface area contributed by atoms with Gasteiger partial charge in [-0.15, -0.1) is 0 Å². The van der Waals surface area contributed by atoms with Gasteiger partial charge in [-0.1, -0.05) is 11.8 Å². The molecule has 0 aromatic heterocycles. The van der Waals surface area contributed by atoms with Gasteiger partial charge in [-0.05, 0) is 31.5 Å². The Balaban J connectivity index is 2.12. The molecule has 0 amide bonds. The highest BCUT2D eigenvalue weighted by Crippen LogP contribution is 2.66. The van der Waals surface area contributed by atoms with Gasteiger partial charge in [0, 0.05) is 17.2 Å². The zero-order valence-corrected chi connectivity index (χ0v) is 11.3. The van der Waals surface area contributed by atoms with Crippen LogP contribution in [0.1, 0.15) is 18.9 Å². The van der Waals surface area contributed by atoms with E-state index in [2.05, 4.69) is 4.99 Å². The number of hydrogen-bond acceptors (Lipinski definition) is 4. The van der Waals surface area contributed by atoms with Crippen LogP contribution in [0.4, 0.5) is 14.5 Å². The van der Waals surface area contributed by atoms with E-state index in [4.69, 9.17) is 11.5 Å². The summed E-state index contributed by atoms with van der Waals surface area (Å²) in [6.45, 7) is 1.33. The molecular weight excluding hydrogens is 268 g/mol. The highest BCUT2D eigenvalue weighted by atomic mass is 32.2. The van der Waals surface area contributed by atoms with Crippen LogP contribution in [0.25, 0.3) is 0 Å². The van der Waals surface area contributed by atoms with Crippen LogP contribution in [0.15, 0.2) is 23.2 Å². The van der Waals surface area contributed by atoms with Gasteiger partial charge in [-0.2, -0.15) is 0 Å². The predicted octanol–water partition coefficient (Wildman–Crippen LogP) is 2.41. The van der Waals surface area contributed by atoms with Crippen LogP contribution >= 0.6 is 11.8 Å². The van der Waals surface area contributed by atoms with Crippen LogP contribution in [0.2, 0.25) is 0 Å². The van der Waals surface area contributed by atoms with Crippen LogP contribution < -0.4 is 11.5 Å². The molecule has 1 saturated carbocycles. The Morgan fingerprint density at radius 2 is 2.21 bits per heavy atom. The second-order valence-electron chi connectivity index (χ2n) is 5.39. The number of nitrogens with two attached hydrogens (primary N) is 2. The molecule has 6 heteroatoms. The van der Waals surface area contributed by atoms with E-state index in [1.54, 1.807) is 13.0 Å². The Morgan fingerprint density at radius 3 is 2.89 bits per heavy atom. The summed E-state index contributed by atoms with van der Waals surface area (Å²) < 4.78 is 26.8. The minimum atomic E-state index is -0.832. The van der Waals surface area contributed by atoms with Crippen LogP contribution in [-0.2, 0) is 5.54 Å². The van der Waals surface area contributed by atoms with E-state index in [1.807, 2.05) is 0 Å². The summed E-state index contributed by atoms with van der Waals surface area (Å²) in [5, 5.41) is 0.315. The molecule has 3 atom stereocenters. The van der Waals surface area contributed by atoms with Crippen molar-refractivity contribution in [3.63, 3.8) is 0 Å². The van der Waals surface area contributed by atoms with Crippen molar-refractivity contribution in [3.8, 4) is 0 Å². The minimum Gasteiger partial charge on any atom is -0.399 e. The number of rotatable bonds is 2. The lowest BCUT2D eigenvalue weighted by atomic mass is 9.85. The fourth-order valence-electron chi connectivity index (χ4n) is 3.00. The zero-order chi connectivity index (χ0) is 13.8. The van der Waals surface area contributed by atoms with Crippen molar-refractivity contribution >= 4 is 22.6 Å². The number of alkyl halides is 1. The van der Waals surface area contributed by atoms with Crippen molar-refractivity contribution in [1.29, 1.82) is 0 Å². The standard InChI is InChI=1S/C13H15F2N3S/c1-12(8-4-7(16)2-3-9(8)15)10-5-13(10,6-14)19-11(17)18-12/h2-4,10H,5-6,16H2,1H3,(H2,17,18)/t10-,12+,13+/m0/s1. The molecule has 1 aromatic rings. The van der Waals surface area contributed by atoms with Gasteiger partial charge in [-0.25, -0.2) is 8.78 Å². The fraction of sp³-hybridized carbons (Fsp3) is 0.462. The van der Waals surface area contributed by atoms with Crippen molar-refractivity contribution in [2.45, 2.75) is 23.6 Å². The summed E-state index contributed by atoms with van der Waals surface area (Å²) in [5.41, 5.74) is 11.6. The molecule has 19 heavy (non-hydrogen) atoms. The number of amidine groups is 1. The van der Waals surface area contributed by atoms with Gasteiger partial charge in [-0.3, -0.25) is 4.99 Å². The van der Waals surface area contributed by atoms with Crippen LogP contribution in [0.5, 0.6) is 0 Å². The Morgan fingerprint density at radius 1 is 1.47 bits per heavy atom. The summed E-state index contributed by atoms with van der Waals surface area (Å²) in [6.07, 6.45) is 0.656. The SMILES string of the molecule is C[C@]1(c2cc(N)ccc2F)N=C(N)S[C@@]2(CF)C[C@H]21. The Hall–Kier alpha value is -1.30. The number of nitrogens with zero attached hydrogens (tertiary/aromatic N) is 1. The first-order valence-corrected chi connectivity index (χ1v) is 6.89. The largest absolute Gasteiger partial charge is 0.399 e. The van der Waals surface area contributed by atoms with E-state index < -0.39 is 17.0 Å². The van der Waals surface area contributed by atoms with Gasteiger partial charge < -0.3 is 11.5 Å². The first-order valence-electron chi connectivity index (χ1n) is 6.07. The van der Waals surface area contributed by atoms with Gasteiger partial charge in [0.05, 0.1) is 10.3 Å². The summed E-state index contributed by atoms with van der Waals surface area (Å²) >= 11 is 1.27. The second-order valence-corrected chi connectivity index (χ2v) is 6.83. The highest BCUT2D eigenvalue weighted by molar-refractivity contribution is 8.15. The van der Waals surface area contributed by atoms with Gasteiger partial charge in [0.2, 0.25) is 0 Å². The lowest BCUT2D eigenvalue weighted by Crippen LogP contribution is -2.36. The summed E-state index contributed by atoms with van der Waals surface area (Å²) in [4.78, 5) is 4.40. The van der Waals surface area contributed by atoms with E-state index in [9.17, 15) is 8.78 Å². The van der Waals surface area contributed by atoms with Crippen molar-refractivity contribution in [2.24, 2.45) is 16.6 Å². The van der Waals surface area contributed by atoms with Crippen LogP contribution in [0, 0.1) is 11.7 Å². The van der Waals surface area contributed by atoms with E-state index in [1.165, 1.54) is 23.9 Å². The molecular formula is C13H15F2N3S. The molecule has 0 unspecified atom stereocenters. The van der Waals surface area contributed by atoms with Crippen molar-refractivity contribution in [2.75, 3.05) is 12.4 Å². The average Bonchev–Trinajstić information content (AvgIpc) is 3.08. The zero-order valence-electron chi connectivity index (χ0n) is 10.5. The number of fused-ring (bicyclic) bond motifs is 1. The smallest absolute Gasteiger partial charge is 0.155 e. The maximum atomic E-state index is 14.1. The number of nitrogen functional groups attached to an aromatic ring is 1. The Bertz CT molecular complexity index is 577. The highest BCUT2D eigenvalue weighted by Gasteiger charge is 2.66.